The molecule has 2 aromatic carbocycles. The van der Waals surface area contributed by atoms with Crippen LogP contribution in [0, 0.1) is 58.2 Å². The van der Waals surface area contributed by atoms with E-state index in [-0.39, 0.29) is 59.4 Å². The summed E-state index contributed by atoms with van der Waals surface area (Å²) in [5.41, 5.74) is -0.0576. The van der Waals surface area contributed by atoms with Crippen LogP contribution in [0.25, 0.3) is 0 Å². The van der Waals surface area contributed by atoms with Gasteiger partial charge in [0.1, 0.15) is 11.5 Å². The molecule has 0 aromatic heterocycles. The van der Waals surface area contributed by atoms with Crippen molar-refractivity contribution in [3.05, 3.63) is 59.7 Å². The van der Waals surface area contributed by atoms with Crippen LogP contribution in [0.3, 0.4) is 0 Å². The maximum absolute atomic E-state index is 13.3. The molecule has 0 saturated heterocycles. The molecule has 0 bridgehead atoms. The molecule has 2 aromatic rings. The smallest absolute Gasteiger partial charge is 0.338 e. The van der Waals surface area contributed by atoms with E-state index in [9.17, 15) is 19.2 Å². The van der Waals surface area contributed by atoms with E-state index in [0.29, 0.717) is 47.7 Å². The average Bonchev–Trinajstić information content (AvgIpc) is 3.02. The number of benzene rings is 2. The first-order chi connectivity index (χ1) is 20.2. The lowest BCUT2D eigenvalue weighted by Crippen LogP contribution is -3.12. The summed E-state index contributed by atoms with van der Waals surface area (Å²) < 4.78 is 22.3. The van der Waals surface area contributed by atoms with E-state index in [2.05, 4.69) is 0 Å². The van der Waals surface area contributed by atoms with E-state index in [0.717, 1.165) is 12.8 Å². The first-order valence-electron chi connectivity index (χ1n) is 15.2. The summed E-state index contributed by atoms with van der Waals surface area (Å²) in [5, 5.41) is 0. The van der Waals surface area contributed by atoms with Gasteiger partial charge in [0.15, 0.2) is 0 Å². The highest BCUT2D eigenvalue weighted by molar-refractivity contribution is 5.98. The van der Waals surface area contributed by atoms with Crippen LogP contribution in [0.5, 0.6) is 11.5 Å². The van der Waals surface area contributed by atoms with Crippen molar-refractivity contribution < 1.29 is 38.1 Å². The van der Waals surface area contributed by atoms with Crippen molar-refractivity contribution >= 4 is 23.9 Å². The zero-order chi connectivity index (χ0) is 29.6. The minimum Gasteiger partial charge on any atom is -0.462 e. The average molecular weight is 573 g/mol. The lowest BCUT2D eigenvalue weighted by atomic mass is 8.92. The van der Waals surface area contributed by atoms with Crippen LogP contribution in [0.15, 0.2) is 48.5 Å². The highest BCUT2D eigenvalue weighted by atomic mass is 16.5. The Kier molecular flexibility index (Phi) is 6.09. The molecule has 6 aliphatic rings. The van der Waals surface area contributed by atoms with Crippen LogP contribution >= 0.6 is 0 Å². The van der Waals surface area contributed by atoms with Crippen molar-refractivity contribution in [3.63, 3.8) is 0 Å². The summed E-state index contributed by atoms with van der Waals surface area (Å²) in [6.45, 7) is 8.90. The lowest BCUT2D eigenvalue weighted by Gasteiger charge is -3.08. The van der Waals surface area contributed by atoms with Gasteiger partial charge >= 0.3 is 23.9 Å². The maximum atomic E-state index is 13.3. The number of carbonyl (C=O) groups is 4. The summed E-state index contributed by atoms with van der Waals surface area (Å²) in [6, 6.07) is 13.0. The minimum absolute atomic E-state index is 0.190. The molecule has 0 spiro atoms. The minimum atomic E-state index is -0.451. The third-order valence-electron chi connectivity index (χ3n) is 11.3. The van der Waals surface area contributed by atoms with E-state index >= 15 is 0 Å². The summed E-state index contributed by atoms with van der Waals surface area (Å²) >= 11 is 0. The van der Waals surface area contributed by atoms with Crippen molar-refractivity contribution in [2.24, 2.45) is 58.2 Å². The third kappa shape index (κ3) is 3.24. The number of hydrogen-bond donors (Lipinski definition) is 0. The molecular weight excluding hydrogens is 536 g/mol. The molecule has 6 saturated carbocycles. The Morgan fingerprint density at radius 2 is 0.905 bits per heavy atom. The second kappa shape index (κ2) is 9.41. The third-order valence-corrected chi connectivity index (χ3v) is 11.3. The van der Waals surface area contributed by atoms with Gasteiger partial charge in [0.2, 0.25) is 0 Å². The van der Waals surface area contributed by atoms with Crippen molar-refractivity contribution in [1.82, 2.24) is 0 Å². The van der Waals surface area contributed by atoms with Gasteiger partial charge in [0.25, 0.3) is 0 Å². The molecule has 0 amide bonds. The fraction of sp³-hybridized carbons (Fsp3) is 0.529. The molecule has 8 heteroatoms. The Morgan fingerprint density at radius 3 is 1.19 bits per heavy atom. The van der Waals surface area contributed by atoms with Gasteiger partial charge in [0.05, 0.1) is 35.2 Å². The van der Waals surface area contributed by atoms with E-state index in [1.807, 2.05) is 27.7 Å². The van der Waals surface area contributed by atoms with Gasteiger partial charge in [-0.2, -0.15) is 0 Å². The van der Waals surface area contributed by atoms with E-state index < -0.39 is 10.8 Å². The normalized spacial score (nSPS) is 34.5. The topological polar surface area (TPSA) is 105 Å². The van der Waals surface area contributed by atoms with E-state index in [1.165, 1.54) is 0 Å². The van der Waals surface area contributed by atoms with Crippen molar-refractivity contribution in [2.75, 3.05) is 13.2 Å². The zero-order valence-electron chi connectivity index (χ0n) is 24.3. The molecule has 0 radical (unpaired) electrons. The molecule has 8 rings (SSSR count). The Labute approximate surface area is 245 Å². The number of esters is 4. The van der Waals surface area contributed by atoms with Crippen molar-refractivity contribution in [1.29, 1.82) is 0 Å². The molecular formula is C34H36O8. The second-order valence-electron chi connectivity index (χ2n) is 13.1. The fourth-order valence-corrected chi connectivity index (χ4v) is 8.89. The molecule has 8 nitrogen and oxygen atoms in total. The molecule has 42 heavy (non-hydrogen) atoms. The van der Waals surface area contributed by atoms with Gasteiger partial charge in [-0.25, -0.2) is 9.59 Å². The Balaban J connectivity index is 0.926. The van der Waals surface area contributed by atoms with Gasteiger partial charge in [-0.3, -0.25) is 9.59 Å². The van der Waals surface area contributed by atoms with Crippen molar-refractivity contribution in [3.8, 4) is 11.5 Å². The van der Waals surface area contributed by atoms with Crippen LogP contribution in [0.2, 0.25) is 0 Å². The van der Waals surface area contributed by atoms with Crippen LogP contribution < -0.4 is 9.47 Å². The molecule has 6 fully saturated rings. The highest BCUT2D eigenvalue weighted by Crippen LogP contribution is 3.10. The first-order valence-corrected chi connectivity index (χ1v) is 15.2. The molecule has 2 atom stereocenters. The Bertz CT molecular complexity index is 1290. The fourth-order valence-electron chi connectivity index (χ4n) is 8.89. The highest BCUT2D eigenvalue weighted by Gasteiger charge is 3.13. The first kappa shape index (κ1) is 27.2. The summed E-state index contributed by atoms with van der Waals surface area (Å²) in [5.74, 6) is 1.36. The number of carbonyl (C=O) groups excluding carboxylic acids is 4. The van der Waals surface area contributed by atoms with Crippen molar-refractivity contribution in [2.45, 2.75) is 40.5 Å². The zero-order valence-corrected chi connectivity index (χ0v) is 24.3. The molecule has 0 N–H and O–H groups in total. The SMILES string of the molecule is CC[C@H](C)COC(=O)c1ccc(OC(=O)C23C4C5C2C2C3C4C52C(=O)Oc2ccc(C(=O)OC[C@@H](C)CC)cc2)cc1. The van der Waals surface area contributed by atoms with Gasteiger partial charge in [-0.05, 0) is 95.9 Å². The molecule has 0 aliphatic heterocycles. The second-order valence-corrected chi connectivity index (χ2v) is 13.1. The molecule has 6 aliphatic carbocycles. The predicted octanol–water partition coefficient (Wildman–Crippen LogP) is 5.34. The Morgan fingerprint density at radius 1 is 0.595 bits per heavy atom. The number of hydrogen-bond acceptors (Lipinski definition) is 8. The lowest BCUT2D eigenvalue weighted by molar-refractivity contribution is -0.627. The summed E-state index contributed by atoms with van der Waals surface area (Å²) in [7, 11) is 0. The van der Waals surface area contributed by atoms with Gasteiger partial charge in [0, 0.05) is 0 Å². The van der Waals surface area contributed by atoms with Gasteiger partial charge in [-0.1, -0.05) is 40.5 Å². The Hall–Kier alpha value is -3.68. The summed E-state index contributed by atoms with van der Waals surface area (Å²) in [6.07, 6.45) is 1.87. The van der Waals surface area contributed by atoms with Gasteiger partial charge in [-0.15, -0.1) is 0 Å². The van der Waals surface area contributed by atoms with Crippen LogP contribution in [0.1, 0.15) is 61.3 Å². The van der Waals surface area contributed by atoms with E-state index in [1.54, 1.807) is 48.5 Å². The molecule has 0 unspecified atom stereocenters. The number of rotatable bonds is 12. The quantitative estimate of drug-likeness (QED) is 0.248. The van der Waals surface area contributed by atoms with Crippen LogP contribution in [-0.2, 0) is 19.1 Å². The largest absolute Gasteiger partial charge is 0.462 e. The maximum Gasteiger partial charge on any atom is 0.338 e. The summed E-state index contributed by atoms with van der Waals surface area (Å²) in [4.78, 5) is 51.2. The predicted molar refractivity (Wildman–Crippen MR) is 149 cm³/mol. The standard InChI is InChI=1S/C34H36O8/c1-5-17(3)15-39-29(35)19-7-11-21(12-8-19)41-31(37)33-23-26-24(33)28-25(33)27(23)34(26,28)32(38)42-22-13-9-20(10-14-22)30(36)40-16-18(4)6-2/h7-14,17-18,23-28H,5-6,15-16H2,1-4H3/t17-,18-,23?,24?,25?,26?,27?,28?,33?,34?/m0/s1. The molecule has 220 valence electrons. The monoisotopic (exact) mass is 572 g/mol. The van der Waals surface area contributed by atoms with Gasteiger partial charge < -0.3 is 18.9 Å². The van der Waals surface area contributed by atoms with Crippen LogP contribution in [-0.4, -0.2) is 37.1 Å². The molecule has 0 heterocycles. The van der Waals surface area contributed by atoms with Crippen LogP contribution in [0.4, 0.5) is 0 Å². The van der Waals surface area contributed by atoms with E-state index in [4.69, 9.17) is 18.9 Å². The number of ether oxygens (including phenoxy) is 4.